The largest absolute Gasteiger partial charge is 0.396 e. The summed E-state index contributed by atoms with van der Waals surface area (Å²) in [6.07, 6.45) is 0.877. The molecule has 0 atom stereocenters. The highest BCUT2D eigenvalue weighted by Gasteiger charge is 2.10. The van der Waals surface area contributed by atoms with Gasteiger partial charge in [-0.1, -0.05) is 29.3 Å². The van der Waals surface area contributed by atoms with Crippen molar-refractivity contribution in [2.75, 3.05) is 20.2 Å². The molecule has 0 spiro atoms. The van der Waals surface area contributed by atoms with Gasteiger partial charge in [-0.25, -0.2) is 0 Å². The lowest BCUT2D eigenvalue weighted by molar-refractivity contribution is -0.129. The molecule has 94 valence electrons. The molecule has 17 heavy (non-hydrogen) atoms. The molecule has 0 aliphatic heterocycles. The van der Waals surface area contributed by atoms with E-state index in [0.29, 0.717) is 29.4 Å². The average Bonchev–Trinajstić information content (AvgIpc) is 2.30. The number of aliphatic hydroxyl groups is 1. The van der Waals surface area contributed by atoms with Gasteiger partial charge in [-0.3, -0.25) is 4.79 Å². The number of aliphatic hydroxyl groups excluding tert-OH is 1. The van der Waals surface area contributed by atoms with Gasteiger partial charge in [-0.05, 0) is 24.1 Å². The number of hydrogen-bond donors (Lipinski definition) is 1. The van der Waals surface area contributed by atoms with Crippen LogP contribution in [0.5, 0.6) is 0 Å². The highest BCUT2D eigenvalue weighted by Crippen LogP contribution is 2.22. The van der Waals surface area contributed by atoms with Gasteiger partial charge in [0, 0.05) is 20.2 Å². The molecule has 0 aliphatic rings. The van der Waals surface area contributed by atoms with Crippen LogP contribution < -0.4 is 0 Å². The third-order valence-corrected chi connectivity index (χ3v) is 3.16. The number of nitrogens with zero attached hydrogens (tertiary/aromatic N) is 1. The van der Waals surface area contributed by atoms with Crippen molar-refractivity contribution >= 4 is 29.1 Å². The number of benzene rings is 1. The Hall–Kier alpha value is -0.770. The van der Waals surface area contributed by atoms with Crippen LogP contribution in [-0.2, 0) is 11.2 Å². The van der Waals surface area contributed by atoms with Gasteiger partial charge in [-0.15, -0.1) is 0 Å². The Morgan fingerprint density at radius 2 is 2.06 bits per heavy atom. The fourth-order valence-electron chi connectivity index (χ4n) is 1.39. The monoisotopic (exact) mass is 275 g/mol. The van der Waals surface area contributed by atoms with E-state index >= 15 is 0 Å². The molecule has 0 bridgehead atoms. The summed E-state index contributed by atoms with van der Waals surface area (Å²) in [7, 11) is 1.72. The van der Waals surface area contributed by atoms with E-state index in [1.165, 1.54) is 0 Å². The van der Waals surface area contributed by atoms with E-state index in [0.717, 1.165) is 5.56 Å². The van der Waals surface area contributed by atoms with Gasteiger partial charge >= 0.3 is 0 Å². The van der Waals surface area contributed by atoms with Crippen molar-refractivity contribution in [2.45, 2.75) is 12.8 Å². The minimum atomic E-state index is -0.00293. The standard InChI is InChI=1S/C12H15Cl2NO2/c1-15(5-2-6-16)12(17)8-9-3-4-10(13)11(14)7-9/h3-4,7,16H,2,5-6,8H2,1H3. The Kier molecular flexibility index (Phi) is 5.75. The molecular weight excluding hydrogens is 261 g/mol. The number of amides is 1. The van der Waals surface area contributed by atoms with Crippen molar-refractivity contribution in [3.05, 3.63) is 33.8 Å². The Morgan fingerprint density at radius 3 is 2.65 bits per heavy atom. The first kappa shape index (κ1) is 14.3. The van der Waals surface area contributed by atoms with E-state index in [2.05, 4.69) is 0 Å². The molecule has 0 aliphatic carbocycles. The Labute approximate surface area is 111 Å². The van der Waals surface area contributed by atoms with Crippen molar-refractivity contribution in [3.63, 3.8) is 0 Å². The molecule has 1 rings (SSSR count). The Bertz CT molecular complexity index is 396. The predicted octanol–water partition coefficient (Wildman–Crippen LogP) is 2.38. The number of rotatable bonds is 5. The molecule has 0 heterocycles. The Balaban J connectivity index is 2.58. The van der Waals surface area contributed by atoms with E-state index in [1.807, 2.05) is 0 Å². The van der Waals surface area contributed by atoms with Crippen LogP contribution in [-0.4, -0.2) is 36.1 Å². The second-order valence-electron chi connectivity index (χ2n) is 3.82. The minimum Gasteiger partial charge on any atom is -0.396 e. The quantitative estimate of drug-likeness (QED) is 0.897. The molecule has 1 aromatic carbocycles. The van der Waals surface area contributed by atoms with Crippen molar-refractivity contribution in [3.8, 4) is 0 Å². The third kappa shape index (κ3) is 4.54. The fraction of sp³-hybridized carbons (Fsp3) is 0.417. The van der Waals surface area contributed by atoms with Crippen molar-refractivity contribution in [2.24, 2.45) is 0 Å². The number of halogens is 2. The van der Waals surface area contributed by atoms with E-state index in [-0.39, 0.29) is 12.5 Å². The molecule has 0 saturated carbocycles. The fourth-order valence-corrected chi connectivity index (χ4v) is 1.71. The van der Waals surface area contributed by atoms with Gasteiger partial charge in [0.2, 0.25) is 5.91 Å². The lowest BCUT2D eigenvalue weighted by Crippen LogP contribution is -2.29. The summed E-state index contributed by atoms with van der Waals surface area (Å²) in [5.41, 5.74) is 0.834. The van der Waals surface area contributed by atoms with Crippen LogP contribution in [0.3, 0.4) is 0 Å². The first-order valence-corrected chi connectivity index (χ1v) is 6.09. The maximum Gasteiger partial charge on any atom is 0.226 e. The zero-order valence-electron chi connectivity index (χ0n) is 9.62. The van der Waals surface area contributed by atoms with Gasteiger partial charge in [0.1, 0.15) is 0 Å². The maximum absolute atomic E-state index is 11.8. The summed E-state index contributed by atoms with van der Waals surface area (Å²) in [6, 6.07) is 5.16. The van der Waals surface area contributed by atoms with Crippen LogP contribution in [0.1, 0.15) is 12.0 Å². The number of hydrogen-bond acceptors (Lipinski definition) is 2. The third-order valence-electron chi connectivity index (χ3n) is 2.42. The lowest BCUT2D eigenvalue weighted by atomic mass is 10.1. The van der Waals surface area contributed by atoms with Crippen LogP contribution in [0.25, 0.3) is 0 Å². The molecule has 0 saturated heterocycles. The van der Waals surface area contributed by atoms with Crippen LogP contribution in [0.15, 0.2) is 18.2 Å². The predicted molar refractivity (Wildman–Crippen MR) is 69.5 cm³/mol. The first-order valence-electron chi connectivity index (χ1n) is 5.33. The molecule has 0 fully saturated rings. The van der Waals surface area contributed by atoms with E-state index in [1.54, 1.807) is 30.1 Å². The smallest absolute Gasteiger partial charge is 0.226 e. The topological polar surface area (TPSA) is 40.5 Å². The maximum atomic E-state index is 11.8. The van der Waals surface area contributed by atoms with Gasteiger partial charge in [0.05, 0.1) is 16.5 Å². The van der Waals surface area contributed by atoms with Crippen molar-refractivity contribution in [1.82, 2.24) is 4.90 Å². The Morgan fingerprint density at radius 1 is 1.35 bits per heavy atom. The van der Waals surface area contributed by atoms with Gasteiger partial charge < -0.3 is 10.0 Å². The lowest BCUT2D eigenvalue weighted by Gasteiger charge is -2.16. The number of likely N-dealkylation sites (N-methyl/N-ethyl adjacent to an activating group) is 1. The summed E-state index contributed by atoms with van der Waals surface area (Å²) in [6.45, 7) is 0.640. The second kappa shape index (κ2) is 6.84. The second-order valence-corrected chi connectivity index (χ2v) is 4.63. The highest BCUT2D eigenvalue weighted by molar-refractivity contribution is 6.42. The molecular formula is C12H15Cl2NO2. The van der Waals surface area contributed by atoms with Gasteiger partial charge in [0.25, 0.3) is 0 Å². The molecule has 1 N–H and O–H groups in total. The van der Waals surface area contributed by atoms with Crippen molar-refractivity contribution < 1.29 is 9.90 Å². The van der Waals surface area contributed by atoms with Gasteiger partial charge in [-0.2, -0.15) is 0 Å². The summed E-state index contributed by atoms with van der Waals surface area (Å²) in [4.78, 5) is 13.4. The minimum absolute atomic E-state index is 0.00293. The van der Waals surface area contributed by atoms with E-state index < -0.39 is 0 Å². The molecule has 1 aromatic rings. The van der Waals surface area contributed by atoms with Crippen LogP contribution in [0, 0.1) is 0 Å². The molecule has 3 nitrogen and oxygen atoms in total. The SMILES string of the molecule is CN(CCCO)C(=O)Cc1ccc(Cl)c(Cl)c1. The van der Waals surface area contributed by atoms with Gasteiger partial charge in [0.15, 0.2) is 0 Å². The van der Waals surface area contributed by atoms with E-state index in [4.69, 9.17) is 28.3 Å². The number of carbonyl (C=O) groups is 1. The summed E-state index contributed by atoms with van der Waals surface area (Å²) >= 11 is 11.7. The summed E-state index contributed by atoms with van der Waals surface area (Å²) in [5, 5.41) is 9.62. The number of carbonyl (C=O) groups excluding carboxylic acids is 1. The molecule has 0 radical (unpaired) electrons. The zero-order chi connectivity index (χ0) is 12.8. The highest BCUT2D eigenvalue weighted by atomic mass is 35.5. The summed E-state index contributed by atoms with van der Waals surface area (Å²) < 4.78 is 0. The average molecular weight is 276 g/mol. The molecule has 0 aromatic heterocycles. The molecule has 0 unspecified atom stereocenters. The molecule has 1 amide bonds. The van der Waals surface area contributed by atoms with Crippen LogP contribution in [0.2, 0.25) is 10.0 Å². The normalized spacial score (nSPS) is 10.4. The van der Waals surface area contributed by atoms with Crippen LogP contribution >= 0.6 is 23.2 Å². The van der Waals surface area contributed by atoms with Crippen LogP contribution in [0.4, 0.5) is 0 Å². The molecule has 5 heteroatoms. The van der Waals surface area contributed by atoms with Crippen molar-refractivity contribution in [1.29, 1.82) is 0 Å². The first-order chi connectivity index (χ1) is 8.04. The van der Waals surface area contributed by atoms with E-state index in [9.17, 15) is 4.79 Å². The summed E-state index contributed by atoms with van der Waals surface area (Å²) in [5.74, 6) is -0.00293. The zero-order valence-corrected chi connectivity index (χ0v) is 11.1.